The Kier molecular flexibility index (Phi) is 1.26. The van der Waals surface area contributed by atoms with Gasteiger partial charge in [-0.2, -0.15) is 5.10 Å². The lowest BCUT2D eigenvalue weighted by atomic mass is 10.4. The molecular weight excluding hydrogens is 124 g/mol. The zero-order chi connectivity index (χ0) is 6.97. The minimum Gasteiger partial charge on any atom is -0.263 e. The molecule has 2 heteroatoms. The molecule has 0 N–H and O–H groups in total. The third-order valence-electron chi connectivity index (χ3n) is 1.83. The molecule has 0 amide bonds. The molecule has 1 heterocycles. The molecule has 1 aliphatic carbocycles. The summed E-state index contributed by atoms with van der Waals surface area (Å²) in [7, 11) is 0. The Bertz CT molecular complexity index is 223. The van der Waals surface area contributed by atoms with E-state index in [0.29, 0.717) is 0 Å². The van der Waals surface area contributed by atoms with Crippen molar-refractivity contribution in [2.24, 2.45) is 5.92 Å². The summed E-state index contributed by atoms with van der Waals surface area (Å²) in [6.45, 7) is 3.08. The number of aryl methyl sites for hydroxylation is 1. The van der Waals surface area contributed by atoms with E-state index in [1.54, 1.807) is 0 Å². The van der Waals surface area contributed by atoms with E-state index < -0.39 is 0 Å². The Morgan fingerprint density at radius 1 is 1.80 bits per heavy atom. The Hall–Kier alpha value is -0.790. The van der Waals surface area contributed by atoms with Crippen molar-refractivity contribution < 1.29 is 0 Å². The standard InChI is InChI=1S/C8H11N2/c1-7-4-5-10(9-7)6-8-2-3-8/h4,8H,2-3,6H2,1H3. The molecule has 1 aromatic heterocycles. The van der Waals surface area contributed by atoms with E-state index in [-0.39, 0.29) is 0 Å². The second-order valence-corrected chi connectivity index (χ2v) is 3.04. The lowest BCUT2D eigenvalue weighted by Crippen LogP contribution is -2.00. The Morgan fingerprint density at radius 3 is 3.10 bits per heavy atom. The van der Waals surface area contributed by atoms with Crippen LogP contribution >= 0.6 is 0 Å². The van der Waals surface area contributed by atoms with Crippen LogP contribution in [0.1, 0.15) is 18.5 Å². The fourth-order valence-electron chi connectivity index (χ4n) is 1.05. The molecule has 0 saturated heterocycles. The topological polar surface area (TPSA) is 17.8 Å². The van der Waals surface area contributed by atoms with E-state index in [1.807, 2.05) is 17.7 Å². The molecule has 0 aliphatic heterocycles. The summed E-state index contributed by atoms with van der Waals surface area (Å²) in [5, 5.41) is 4.25. The van der Waals surface area contributed by atoms with Gasteiger partial charge in [-0.15, -0.1) is 0 Å². The number of nitrogens with zero attached hydrogens (tertiary/aromatic N) is 2. The van der Waals surface area contributed by atoms with Crippen LogP contribution in [0.5, 0.6) is 0 Å². The molecule has 1 saturated carbocycles. The van der Waals surface area contributed by atoms with Crippen molar-refractivity contribution in [3.8, 4) is 0 Å². The van der Waals surface area contributed by atoms with Crippen LogP contribution in [0.4, 0.5) is 0 Å². The maximum absolute atomic E-state index is 4.25. The van der Waals surface area contributed by atoms with Crippen LogP contribution in [0.3, 0.4) is 0 Å². The molecule has 0 aromatic carbocycles. The third-order valence-corrected chi connectivity index (χ3v) is 1.83. The van der Waals surface area contributed by atoms with Crippen LogP contribution in [-0.4, -0.2) is 9.78 Å². The maximum Gasteiger partial charge on any atom is 0.0866 e. The SMILES string of the molecule is Cc1c[c]n(CC2CC2)n1. The van der Waals surface area contributed by atoms with Gasteiger partial charge in [-0.05, 0) is 31.7 Å². The first-order valence-corrected chi connectivity index (χ1v) is 3.77. The molecule has 1 fully saturated rings. The fraction of sp³-hybridized carbons (Fsp3) is 0.625. The molecule has 0 spiro atoms. The monoisotopic (exact) mass is 135 g/mol. The van der Waals surface area contributed by atoms with Crippen LogP contribution in [0.25, 0.3) is 0 Å². The fourth-order valence-corrected chi connectivity index (χ4v) is 1.05. The normalized spacial score (nSPS) is 17.7. The largest absolute Gasteiger partial charge is 0.263 e. The van der Waals surface area contributed by atoms with Crippen molar-refractivity contribution in [2.75, 3.05) is 0 Å². The highest BCUT2D eigenvalue weighted by molar-refractivity contribution is 4.93. The van der Waals surface area contributed by atoms with Gasteiger partial charge in [-0.25, -0.2) is 0 Å². The molecule has 0 atom stereocenters. The van der Waals surface area contributed by atoms with E-state index in [2.05, 4.69) is 11.3 Å². The molecule has 1 radical (unpaired) electrons. The van der Waals surface area contributed by atoms with Crippen LogP contribution in [-0.2, 0) is 6.54 Å². The first-order valence-electron chi connectivity index (χ1n) is 3.77. The summed E-state index contributed by atoms with van der Waals surface area (Å²) in [5.74, 6) is 0.899. The van der Waals surface area contributed by atoms with Gasteiger partial charge in [0.2, 0.25) is 0 Å². The van der Waals surface area contributed by atoms with Gasteiger partial charge in [-0.3, -0.25) is 4.68 Å². The first-order chi connectivity index (χ1) is 4.84. The predicted molar refractivity (Wildman–Crippen MR) is 38.5 cm³/mol. The molecule has 0 unspecified atom stereocenters. The quantitative estimate of drug-likeness (QED) is 0.599. The van der Waals surface area contributed by atoms with Crippen LogP contribution in [0.2, 0.25) is 0 Å². The highest BCUT2D eigenvalue weighted by Gasteiger charge is 2.21. The minimum absolute atomic E-state index is 0.899. The molecule has 53 valence electrons. The number of rotatable bonds is 2. The minimum atomic E-state index is 0.899. The van der Waals surface area contributed by atoms with Crippen LogP contribution in [0.15, 0.2) is 6.07 Å². The smallest absolute Gasteiger partial charge is 0.0866 e. The highest BCUT2D eigenvalue weighted by Crippen LogP contribution is 2.30. The van der Waals surface area contributed by atoms with Gasteiger partial charge in [0.25, 0.3) is 0 Å². The highest BCUT2D eigenvalue weighted by atomic mass is 15.3. The van der Waals surface area contributed by atoms with Crippen LogP contribution in [0, 0.1) is 19.0 Å². The molecular formula is C8H11N2. The van der Waals surface area contributed by atoms with Crippen LogP contribution < -0.4 is 0 Å². The van der Waals surface area contributed by atoms with Gasteiger partial charge >= 0.3 is 0 Å². The second kappa shape index (κ2) is 2.11. The van der Waals surface area contributed by atoms with Crippen molar-refractivity contribution in [3.05, 3.63) is 18.0 Å². The summed E-state index contributed by atoms with van der Waals surface area (Å²) in [5.41, 5.74) is 1.07. The molecule has 1 aliphatic rings. The van der Waals surface area contributed by atoms with E-state index in [1.165, 1.54) is 12.8 Å². The van der Waals surface area contributed by atoms with Crippen molar-refractivity contribution >= 4 is 0 Å². The van der Waals surface area contributed by atoms with Gasteiger partial charge in [-0.1, -0.05) is 0 Å². The summed E-state index contributed by atoms with van der Waals surface area (Å²) in [6.07, 6.45) is 5.85. The average molecular weight is 135 g/mol. The molecule has 0 bridgehead atoms. The van der Waals surface area contributed by atoms with Crippen molar-refractivity contribution in [3.63, 3.8) is 0 Å². The Balaban J connectivity index is 2.03. The summed E-state index contributed by atoms with van der Waals surface area (Å²) < 4.78 is 1.92. The van der Waals surface area contributed by atoms with Crippen molar-refractivity contribution in [1.29, 1.82) is 0 Å². The number of hydrogen-bond acceptors (Lipinski definition) is 1. The Morgan fingerprint density at radius 2 is 2.60 bits per heavy atom. The third kappa shape index (κ3) is 1.20. The predicted octanol–water partition coefficient (Wildman–Crippen LogP) is 1.40. The van der Waals surface area contributed by atoms with Gasteiger partial charge in [0.05, 0.1) is 11.9 Å². The average Bonchev–Trinajstić information content (AvgIpc) is 2.59. The van der Waals surface area contributed by atoms with Gasteiger partial charge in [0.15, 0.2) is 0 Å². The van der Waals surface area contributed by atoms with Crippen molar-refractivity contribution in [1.82, 2.24) is 9.78 Å². The summed E-state index contributed by atoms with van der Waals surface area (Å²) in [6, 6.07) is 1.93. The lowest BCUT2D eigenvalue weighted by molar-refractivity contribution is 0.556. The van der Waals surface area contributed by atoms with E-state index in [4.69, 9.17) is 0 Å². The van der Waals surface area contributed by atoms with E-state index in [9.17, 15) is 0 Å². The summed E-state index contributed by atoms with van der Waals surface area (Å²) >= 11 is 0. The van der Waals surface area contributed by atoms with E-state index >= 15 is 0 Å². The second-order valence-electron chi connectivity index (χ2n) is 3.04. The molecule has 10 heavy (non-hydrogen) atoms. The molecule has 2 nitrogen and oxygen atoms in total. The van der Waals surface area contributed by atoms with Crippen molar-refractivity contribution in [2.45, 2.75) is 26.3 Å². The maximum atomic E-state index is 4.25. The Labute approximate surface area is 60.9 Å². The number of hydrogen-bond donors (Lipinski definition) is 0. The van der Waals surface area contributed by atoms with Gasteiger partial charge in [0.1, 0.15) is 0 Å². The first kappa shape index (κ1) is 5.96. The zero-order valence-corrected chi connectivity index (χ0v) is 6.17. The zero-order valence-electron chi connectivity index (χ0n) is 6.17. The molecule has 2 rings (SSSR count). The summed E-state index contributed by atoms with van der Waals surface area (Å²) in [4.78, 5) is 0. The van der Waals surface area contributed by atoms with E-state index in [0.717, 1.165) is 18.2 Å². The number of aromatic nitrogens is 2. The van der Waals surface area contributed by atoms with Gasteiger partial charge in [0, 0.05) is 6.54 Å². The van der Waals surface area contributed by atoms with Gasteiger partial charge < -0.3 is 0 Å². The molecule has 1 aromatic rings. The lowest BCUT2D eigenvalue weighted by Gasteiger charge is -1.94.